The summed E-state index contributed by atoms with van der Waals surface area (Å²) in [5, 5.41) is 5.89. The van der Waals surface area contributed by atoms with Crippen molar-refractivity contribution in [3.8, 4) is 0 Å². The van der Waals surface area contributed by atoms with Crippen molar-refractivity contribution < 1.29 is 9.59 Å². The van der Waals surface area contributed by atoms with Gasteiger partial charge in [-0.15, -0.1) is 11.8 Å². The van der Waals surface area contributed by atoms with E-state index in [9.17, 15) is 9.59 Å². The topological polar surface area (TPSA) is 58.2 Å². The molecule has 134 valence electrons. The number of amides is 2. The van der Waals surface area contributed by atoms with E-state index in [-0.39, 0.29) is 22.5 Å². The lowest BCUT2D eigenvalue weighted by molar-refractivity contribution is -0.115. The monoisotopic (exact) mass is 366 g/mol. The molecule has 1 heterocycles. The summed E-state index contributed by atoms with van der Waals surface area (Å²) in [5.74, 6) is -0.106. The van der Waals surface area contributed by atoms with Crippen LogP contribution in [0, 0.1) is 0 Å². The van der Waals surface area contributed by atoms with Crippen molar-refractivity contribution in [2.24, 2.45) is 0 Å². The Balaban J connectivity index is 1.47. The molecule has 1 aliphatic carbocycles. The summed E-state index contributed by atoms with van der Waals surface area (Å²) in [4.78, 5) is 25.5. The van der Waals surface area contributed by atoms with Crippen LogP contribution in [0.4, 0.5) is 5.69 Å². The molecule has 26 heavy (non-hydrogen) atoms. The molecule has 2 aliphatic rings. The molecule has 1 fully saturated rings. The van der Waals surface area contributed by atoms with Crippen molar-refractivity contribution in [1.82, 2.24) is 5.32 Å². The van der Waals surface area contributed by atoms with E-state index in [1.807, 2.05) is 25.1 Å². The maximum atomic E-state index is 12.7. The minimum atomic E-state index is -0.105. The van der Waals surface area contributed by atoms with Crippen LogP contribution in [-0.4, -0.2) is 23.6 Å². The molecule has 0 radical (unpaired) electrons. The normalized spacial score (nSPS) is 20.5. The molecule has 1 atom stereocenters. The Morgan fingerprint density at radius 2 is 2.00 bits per heavy atom. The minimum absolute atomic E-state index is 0.0162. The Morgan fingerprint density at radius 1 is 1.23 bits per heavy atom. The van der Waals surface area contributed by atoms with Gasteiger partial charge in [0.15, 0.2) is 0 Å². The first kappa shape index (κ1) is 17.2. The summed E-state index contributed by atoms with van der Waals surface area (Å²) in [6.45, 7) is 2.52. The van der Waals surface area contributed by atoms with Gasteiger partial charge in [-0.3, -0.25) is 9.59 Å². The van der Waals surface area contributed by atoms with Gasteiger partial charge in [0.2, 0.25) is 5.91 Å². The highest BCUT2D eigenvalue weighted by molar-refractivity contribution is 8.00. The average Bonchev–Trinajstić information content (AvgIpc) is 2.62. The molecule has 0 bridgehead atoms. The number of anilines is 1. The van der Waals surface area contributed by atoms with Gasteiger partial charge < -0.3 is 10.6 Å². The summed E-state index contributed by atoms with van der Waals surface area (Å²) >= 11 is 1.52. The molecular weight excluding hydrogens is 344 g/mol. The quantitative estimate of drug-likeness (QED) is 0.861. The van der Waals surface area contributed by atoms with Crippen molar-refractivity contribution in [2.75, 3.05) is 11.9 Å². The molecule has 1 aliphatic heterocycles. The third-order valence-electron chi connectivity index (χ3n) is 5.46. The van der Waals surface area contributed by atoms with E-state index in [2.05, 4.69) is 34.9 Å². The number of hydrogen-bond acceptors (Lipinski definition) is 3. The van der Waals surface area contributed by atoms with Gasteiger partial charge in [0.25, 0.3) is 5.91 Å². The van der Waals surface area contributed by atoms with E-state index >= 15 is 0 Å². The Kier molecular flexibility index (Phi) is 4.49. The molecule has 2 aromatic carbocycles. The molecular formula is C21H22N2O2S. The summed E-state index contributed by atoms with van der Waals surface area (Å²) in [6.07, 6.45) is 3.41. The van der Waals surface area contributed by atoms with E-state index in [1.165, 1.54) is 23.7 Å². The van der Waals surface area contributed by atoms with Gasteiger partial charge in [0.1, 0.15) is 0 Å². The first-order valence-electron chi connectivity index (χ1n) is 9.03. The van der Waals surface area contributed by atoms with Crippen molar-refractivity contribution in [1.29, 1.82) is 0 Å². The number of benzene rings is 2. The second-order valence-corrected chi connectivity index (χ2v) is 8.53. The zero-order valence-electron chi connectivity index (χ0n) is 14.7. The number of rotatable bonds is 4. The predicted molar refractivity (Wildman–Crippen MR) is 105 cm³/mol. The van der Waals surface area contributed by atoms with Crippen LogP contribution in [-0.2, 0) is 10.2 Å². The van der Waals surface area contributed by atoms with E-state index in [0.717, 1.165) is 23.4 Å². The number of carbonyl (C=O) groups is 2. The molecule has 5 heteroatoms. The molecule has 2 N–H and O–H groups in total. The average molecular weight is 366 g/mol. The number of nitrogens with one attached hydrogen (secondary N) is 2. The third-order valence-corrected chi connectivity index (χ3v) is 6.63. The second-order valence-electron chi connectivity index (χ2n) is 7.14. The molecule has 4 rings (SSSR count). The fourth-order valence-electron chi connectivity index (χ4n) is 3.66. The van der Waals surface area contributed by atoms with Crippen LogP contribution in [0.3, 0.4) is 0 Å². The molecule has 0 aromatic heterocycles. The van der Waals surface area contributed by atoms with Crippen molar-refractivity contribution in [2.45, 2.75) is 41.7 Å². The summed E-state index contributed by atoms with van der Waals surface area (Å²) in [6, 6.07) is 16.0. The minimum Gasteiger partial charge on any atom is -0.351 e. The Hall–Kier alpha value is -2.27. The third kappa shape index (κ3) is 3.12. The summed E-state index contributed by atoms with van der Waals surface area (Å²) in [5.41, 5.74) is 2.67. The molecule has 2 aromatic rings. The maximum absolute atomic E-state index is 12.7. The standard InChI is InChI=1S/C21H22N2O2S/c1-14-19(24)23-17-12-15(8-9-18(17)26-14)20(25)22-13-21(10-5-11-21)16-6-3-2-4-7-16/h2-4,6-9,12,14H,5,10-11,13H2,1H3,(H,22,25)(H,23,24). The number of thioether (sulfide) groups is 1. The SMILES string of the molecule is CC1Sc2ccc(C(=O)NCC3(c4ccccc4)CCC3)cc2NC1=O. The highest BCUT2D eigenvalue weighted by Gasteiger charge is 2.38. The summed E-state index contributed by atoms with van der Waals surface area (Å²) < 4.78 is 0. The lowest BCUT2D eigenvalue weighted by atomic mass is 9.64. The fraction of sp³-hybridized carbons (Fsp3) is 0.333. The fourth-order valence-corrected chi connectivity index (χ4v) is 4.59. The first-order valence-corrected chi connectivity index (χ1v) is 9.91. The van der Waals surface area contributed by atoms with Gasteiger partial charge in [0.05, 0.1) is 10.9 Å². The molecule has 1 unspecified atom stereocenters. The van der Waals surface area contributed by atoms with Crippen LogP contribution >= 0.6 is 11.8 Å². The van der Waals surface area contributed by atoms with Gasteiger partial charge in [-0.25, -0.2) is 0 Å². The maximum Gasteiger partial charge on any atom is 0.251 e. The zero-order valence-corrected chi connectivity index (χ0v) is 15.6. The van der Waals surface area contributed by atoms with Crippen molar-refractivity contribution in [3.63, 3.8) is 0 Å². The van der Waals surface area contributed by atoms with E-state index in [1.54, 1.807) is 6.07 Å². The van der Waals surface area contributed by atoms with Crippen molar-refractivity contribution >= 4 is 29.3 Å². The molecule has 0 spiro atoms. The van der Waals surface area contributed by atoms with Crippen molar-refractivity contribution in [3.05, 3.63) is 59.7 Å². The lowest BCUT2D eigenvalue weighted by Gasteiger charge is -2.42. The predicted octanol–water partition coefficient (Wildman–Crippen LogP) is 3.97. The molecule has 4 nitrogen and oxygen atoms in total. The van der Waals surface area contributed by atoms with Crippen LogP contribution in [0.15, 0.2) is 53.4 Å². The van der Waals surface area contributed by atoms with Crippen LogP contribution in [0.1, 0.15) is 42.1 Å². The first-order chi connectivity index (χ1) is 12.6. The lowest BCUT2D eigenvalue weighted by Crippen LogP contribution is -2.45. The largest absolute Gasteiger partial charge is 0.351 e. The smallest absolute Gasteiger partial charge is 0.251 e. The van der Waals surface area contributed by atoms with Crippen LogP contribution < -0.4 is 10.6 Å². The Bertz CT molecular complexity index is 846. The highest BCUT2D eigenvalue weighted by atomic mass is 32.2. The van der Waals surface area contributed by atoms with E-state index in [4.69, 9.17) is 0 Å². The van der Waals surface area contributed by atoms with Gasteiger partial charge in [0, 0.05) is 22.4 Å². The molecule has 0 saturated heterocycles. The van der Waals surface area contributed by atoms with Crippen LogP contribution in [0.5, 0.6) is 0 Å². The van der Waals surface area contributed by atoms with Gasteiger partial charge in [-0.05, 0) is 43.5 Å². The molecule has 2 amide bonds. The van der Waals surface area contributed by atoms with Gasteiger partial charge in [-0.1, -0.05) is 36.8 Å². The Labute approximate surface area is 157 Å². The van der Waals surface area contributed by atoms with E-state index in [0.29, 0.717) is 12.1 Å². The number of fused-ring (bicyclic) bond motifs is 1. The zero-order chi connectivity index (χ0) is 18.1. The van der Waals surface area contributed by atoms with E-state index < -0.39 is 0 Å². The Morgan fingerprint density at radius 3 is 2.69 bits per heavy atom. The number of hydrogen-bond donors (Lipinski definition) is 2. The van der Waals surface area contributed by atoms with Gasteiger partial charge >= 0.3 is 0 Å². The highest BCUT2D eigenvalue weighted by Crippen LogP contribution is 2.43. The van der Waals surface area contributed by atoms with Gasteiger partial charge in [-0.2, -0.15) is 0 Å². The number of carbonyl (C=O) groups excluding carboxylic acids is 2. The second kappa shape index (κ2) is 6.80. The molecule has 1 saturated carbocycles. The van der Waals surface area contributed by atoms with Crippen LogP contribution in [0.2, 0.25) is 0 Å². The van der Waals surface area contributed by atoms with Crippen LogP contribution in [0.25, 0.3) is 0 Å². The summed E-state index contributed by atoms with van der Waals surface area (Å²) in [7, 11) is 0.